The van der Waals surface area contributed by atoms with E-state index in [1.165, 1.54) is 17.0 Å². The van der Waals surface area contributed by atoms with Gasteiger partial charge in [-0.25, -0.2) is 9.37 Å². The van der Waals surface area contributed by atoms with Crippen LogP contribution in [-0.4, -0.2) is 16.7 Å². The summed E-state index contributed by atoms with van der Waals surface area (Å²) in [5.74, 6) is 0.153. The van der Waals surface area contributed by atoms with Gasteiger partial charge in [-0.2, -0.15) is 0 Å². The van der Waals surface area contributed by atoms with Crippen molar-refractivity contribution in [2.45, 2.75) is 26.4 Å². The van der Waals surface area contributed by atoms with Gasteiger partial charge in [0.15, 0.2) is 0 Å². The highest BCUT2D eigenvalue weighted by atomic mass is 32.1. The zero-order valence-corrected chi connectivity index (χ0v) is 11.7. The fourth-order valence-corrected chi connectivity index (χ4v) is 2.56. The van der Waals surface area contributed by atoms with Crippen LogP contribution in [0, 0.1) is 12.7 Å². The fourth-order valence-electron chi connectivity index (χ4n) is 1.80. The van der Waals surface area contributed by atoms with Gasteiger partial charge in [-0.1, -0.05) is 0 Å². The molecule has 0 aliphatic carbocycles. The highest BCUT2D eigenvalue weighted by molar-refractivity contribution is 7.09. The molecule has 0 amide bonds. The number of aryl methyl sites for hydroxylation is 1. The van der Waals surface area contributed by atoms with Crippen LogP contribution in [0.2, 0.25) is 0 Å². The summed E-state index contributed by atoms with van der Waals surface area (Å²) in [5, 5.41) is 9.60. The van der Waals surface area contributed by atoms with E-state index < -0.39 is 6.10 Å². The maximum absolute atomic E-state index is 13.1. The van der Waals surface area contributed by atoms with Crippen molar-refractivity contribution in [1.29, 1.82) is 0 Å². The highest BCUT2D eigenvalue weighted by Crippen LogP contribution is 2.26. The third kappa shape index (κ3) is 3.52. The molecular formula is C14H16FNO2S. The van der Waals surface area contributed by atoms with Gasteiger partial charge in [0.2, 0.25) is 0 Å². The molecule has 1 atom stereocenters. The number of aliphatic hydroxyl groups is 1. The van der Waals surface area contributed by atoms with E-state index in [0.29, 0.717) is 17.9 Å². The molecule has 0 spiro atoms. The molecule has 1 aromatic carbocycles. The molecule has 2 aromatic rings. The number of aromatic nitrogens is 1. The van der Waals surface area contributed by atoms with Gasteiger partial charge in [0.25, 0.3) is 0 Å². The largest absolute Gasteiger partial charge is 0.493 e. The molecule has 3 nitrogen and oxygen atoms in total. The second-order valence-electron chi connectivity index (χ2n) is 4.32. The number of thiazole rings is 1. The second-order valence-corrected chi connectivity index (χ2v) is 5.26. The Hall–Kier alpha value is -1.46. The quantitative estimate of drug-likeness (QED) is 0.914. The Morgan fingerprint density at radius 2 is 2.26 bits per heavy atom. The summed E-state index contributed by atoms with van der Waals surface area (Å²) in [5.41, 5.74) is 3.30. The van der Waals surface area contributed by atoms with Crippen molar-refractivity contribution in [3.05, 3.63) is 45.7 Å². The van der Waals surface area contributed by atoms with Crippen LogP contribution in [0.25, 0.3) is 0 Å². The Morgan fingerprint density at radius 1 is 1.47 bits per heavy atom. The zero-order valence-electron chi connectivity index (χ0n) is 10.9. The van der Waals surface area contributed by atoms with E-state index in [1.54, 1.807) is 24.3 Å². The lowest BCUT2D eigenvalue weighted by Gasteiger charge is -2.13. The molecule has 19 heavy (non-hydrogen) atoms. The Balaban J connectivity index is 2.01. The second kappa shape index (κ2) is 6.12. The Labute approximate surface area is 115 Å². The summed E-state index contributed by atoms with van der Waals surface area (Å²) in [7, 11) is 0. The molecule has 5 heteroatoms. The number of halogens is 1. The average Bonchev–Trinajstić information content (AvgIpc) is 2.77. The molecule has 0 bridgehead atoms. The van der Waals surface area contributed by atoms with E-state index in [4.69, 9.17) is 4.74 Å². The molecule has 0 unspecified atom stereocenters. The summed E-state index contributed by atoms with van der Waals surface area (Å²) in [6.45, 7) is 4.04. The van der Waals surface area contributed by atoms with Crippen molar-refractivity contribution in [1.82, 2.24) is 4.98 Å². The Kier molecular flexibility index (Phi) is 4.50. The van der Waals surface area contributed by atoms with Crippen molar-refractivity contribution >= 4 is 11.3 Å². The van der Waals surface area contributed by atoms with E-state index in [-0.39, 0.29) is 5.82 Å². The van der Waals surface area contributed by atoms with Crippen molar-refractivity contribution in [2.75, 3.05) is 6.61 Å². The maximum atomic E-state index is 13.1. The fraction of sp³-hybridized carbons (Fsp3) is 0.357. The third-order valence-corrected chi connectivity index (χ3v) is 3.85. The zero-order chi connectivity index (χ0) is 13.8. The van der Waals surface area contributed by atoms with Crippen molar-refractivity contribution in [2.24, 2.45) is 0 Å². The summed E-state index contributed by atoms with van der Waals surface area (Å²) in [4.78, 5) is 5.35. The van der Waals surface area contributed by atoms with Gasteiger partial charge in [-0.3, -0.25) is 0 Å². The van der Waals surface area contributed by atoms with Crippen molar-refractivity contribution in [3.63, 3.8) is 0 Å². The summed E-state index contributed by atoms with van der Waals surface area (Å²) in [6, 6.07) is 4.19. The molecule has 0 aliphatic heterocycles. The molecule has 0 saturated carbocycles. The normalized spacial score (nSPS) is 12.4. The van der Waals surface area contributed by atoms with E-state index in [2.05, 4.69) is 4.98 Å². The lowest BCUT2D eigenvalue weighted by Crippen LogP contribution is -2.05. The highest BCUT2D eigenvalue weighted by Gasteiger charge is 2.11. The van der Waals surface area contributed by atoms with Gasteiger partial charge < -0.3 is 9.84 Å². The Morgan fingerprint density at radius 3 is 2.89 bits per heavy atom. The van der Waals surface area contributed by atoms with Gasteiger partial charge in [0.1, 0.15) is 11.6 Å². The summed E-state index contributed by atoms with van der Waals surface area (Å²) < 4.78 is 18.8. The molecule has 0 saturated heterocycles. The molecular weight excluding hydrogens is 265 g/mol. The number of aliphatic hydroxyl groups excluding tert-OH is 1. The van der Waals surface area contributed by atoms with E-state index in [1.807, 2.05) is 12.4 Å². The maximum Gasteiger partial charge on any atom is 0.125 e. The number of benzene rings is 1. The van der Waals surface area contributed by atoms with E-state index in [0.717, 1.165) is 12.1 Å². The molecule has 0 fully saturated rings. The smallest absolute Gasteiger partial charge is 0.125 e. The predicted octanol–water partition coefficient (Wildman–Crippen LogP) is 3.27. The first-order valence-corrected chi connectivity index (χ1v) is 6.95. The van der Waals surface area contributed by atoms with E-state index in [9.17, 15) is 9.50 Å². The minimum atomic E-state index is -0.754. The lowest BCUT2D eigenvalue weighted by molar-refractivity contribution is 0.191. The molecule has 1 N–H and O–H groups in total. The predicted molar refractivity (Wildman–Crippen MR) is 73.1 cm³/mol. The number of hydrogen-bond acceptors (Lipinski definition) is 4. The van der Waals surface area contributed by atoms with Crippen LogP contribution in [0.1, 0.15) is 29.2 Å². The van der Waals surface area contributed by atoms with Crippen molar-refractivity contribution in [3.8, 4) is 5.75 Å². The van der Waals surface area contributed by atoms with E-state index >= 15 is 0 Å². The van der Waals surface area contributed by atoms with Gasteiger partial charge >= 0.3 is 0 Å². The molecule has 2 rings (SSSR count). The van der Waals surface area contributed by atoms with Crippen LogP contribution in [0.15, 0.2) is 23.7 Å². The monoisotopic (exact) mass is 281 g/mol. The molecule has 0 aliphatic rings. The van der Waals surface area contributed by atoms with Crippen LogP contribution < -0.4 is 4.74 Å². The first-order chi connectivity index (χ1) is 9.08. The van der Waals surface area contributed by atoms with Gasteiger partial charge in [0.05, 0.1) is 23.9 Å². The first-order valence-electron chi connectivity index (χ1n) is 6.07. The van der Waals surface area contributed by atoms with Crippen molar-refractivity contribution < 1.29 is 14.2 Å². The van der Waals surface area contributed by atoms with Crippen LogP contribution in [0.4, 0.5) is 4.39 Å². The molecule has 1 heterocycles. The van der Waals surface area contributed by atoms with Crippen LogP contribution in [0.5, 0.6) is 5.75 Å². The number of hydrogen-bond donors (Lipinski definition) is 1. The standard InChI is InChI=1S/C14H16FNO2S/c1-9-14(19-8-16-9)5-6-18-13-4-3-11(15)7-12(13)10(2)17/h3-4,7-8,10,17H,5-6H2,1-2H3/t10-/m0/s1. The number of rotatable bonds is 5. The molecule has 0 radical (unpaired) electrons. The van der Waals surface area contributed by atoms with Gasteiger partial charge in [-0.15, -0.1) is 11.3 Å². The average molecular weight is 281 g/mol. The third-order valence-electron chi connectivity index (χ3n) is 2.85. The van der Waals surface area contributed by atoms with Gasteiger partial charge in [0, 0.05) is 16.9 Å². The van der Waals surface area contributed by atoms with Crippen LogP contribution >= 0.6 is 11.3 Å². The SMILES string of the molecule is Cc1ncsc1CCOc1ccc(F)cc1[C@H](C)O. The number of nitrogens with zero attached hydrogens (tertiary/aromatic N) is 1. The number of ether oxygens (including phenoxy) is 1. The van der Waals surface area contributed by atoms with Crippen LogP contribution in [-0.2, 0) is 6.42 Å². The lowest BCUT2D eigenvalue weighted by atomic mass is 10.1. The van der Waals surface area contributed by atoms with Crippen LogP contribution in [0.3, 0.4) is 0 Å². The minimum absolute atomic E-state index is 0.374. The van der Waals surface area contributed by atoms with Gasteiger partial charge in [-0.05, 0) is 32.0 Å². The molecule has 102 valence electrons. The Bertz CT molecular complexity index is 554. The first kappa shape index (κ1) is 14.0. The topological polar surface area (TPSA) is 42.4 Å². The minimum Gasteiger partial charge on any atom is -0.493 e. The molecule has 1 aromatic heterocycles. The summed E-state index contributed by atoms with van der Waals surface area (Å²) in [6.07, 6.45) is 0.00322. The summed E-state index contributed by atoms with van der Waals surface area (Å²) >= 11 is 1.60.